The molecule has 0 spiro atoms. The van der Waals surface area contributed by atoms with Gasteiger partial charge in [-0.1, -0.05) is 0 Å². The molecular formula is BFeGaNd. The number of hydrogen-bond acceptors (Lipinski definition) is 0. The van der Waals surface area contributed by atoms with Gasteiger partial charge >= 0.3 is 0 Å². The van der Waals surface area contributed by atoms with Crippen LogP contribution >= 0.6 is 0 Å². The largest absolute Gasteiger partial charge is 0 e. The first-order valence-electron chi connectivity index (χ1n) is 0. The van der Waals surface area contributed by atoms with Gasteiger partial charge in [-0.3, -0.25) is 0 Å². The van der Waals surface area contributed by atoms with Crippen LogP contribution in [0.1, 0.15) is 0 Å². The molecule has 0 saturated carbocycles. The van der Waals surface area contributed by atoms with Crippen LogP contribution in [0.15, 0.2) is 0 Å². The van der Waals surface area contributed by atoms with Crippen molar-refractivity contribution in [2.45, 2.75) is 0 Å². The van der Waals surface area contributed by atoms with E-state index in [0.717, 1.165) is 0 Å². The third-order valence-electron chi connectivity index (χ3n) is 0. The van der Waals surface area contributed by atoms with E-state index >= 15 is 0 Å². The van der Waals surface area contributed by atoms with Crippen molar-refractivity contribution in [1.82, 2.24) is 0 Å². The van der Waals surface area contributed by atoms with Gasteiger partial charge in [-0.05, 0) is 0 Å². The quantitative estimate of drug-likeness (QED) is 0.512. The van der Waals surface area contributed by atoms with Crippen molar-refractivity contribution in [2.24, 2.45) is 0 Å². The second-order valence-corrected chi connectivity index (χ2v) is 0. The Bertz CT molecular complexity index is 8.00. The van der Waals surface area contributed by atoms with Crippen LogP contribution in [0.4, 0.5) is 0 Å². The summed E-state index contributed by atoms with van der Waals surface area (Å²) in [5, 5.41) is 0. The molecule has 0 nitrogen and oxygen atoms in total. The summed E-state index contributed by atoms with van der Waals surface area (Å²) in [6, 6.07) is 0. The number of hydrogen-bond donors (Lipinski definition) is 0. The van der Waals surface area contributed by atoms with E-state index < -0.39 is 0 Å². The summed E-state index contributed by atoms with van der Waals surface area (Å²) < 4.78 is 0. The molecule has 0 aliphatic carbocycles. The molecule has 0 aliphatic heterocycles. The van der Waals surface area contributed by atoms with E-state index in [9.17, 15) is 0 Å². The predicted molar refractivity (Wildman–Crippen MR) is 11.5 cm³/mol. The van der Waals surface area contributed by atoms with Gasteiger partial charge in [0.25, 0.3) is 0 Å². The SMILES string of the molecule is [B].[Fe].[Ga].[Nd]. The average molecular weight is 281 g/mol. The van der Waals surface area contributed by atoms with Crippen molar-refractivity contribution in [1.29, 1.82) is 0 Å². The van der Waals surface area contributed by atoms with Crippen LogP contribution in [0, 0.1) is 40.8 Å². The third kappa shape index (κ3) is 8.82. The van der Waals surface area contributed by atoms with E-state index in [1.54, 1.807) is 0 Å². The molecule has 0 aromatic carbocycles. The summed E-state index contributed by atoms with van der Waals surface area (Å²) in [7, 11) is 0. The molecule has 0 aromatic heterocycles. The molecule has 0 aliphatic rings. The van der Waals surface area contributed by atoms with Gasteiger partial charge in [0.05, 0.1) is 0 Å². The second kappa shape index (κ2) is 17.6. The molecule has 0 saturated heterocycles. The van der Waals surface area contributed by atoms with Gasteiger partial charge in [0, 0.05) is 86.1 Å². The Balaban J connectivity index is 0. The van der Waals surface area contributed by atoms with Crippen molar-refractivity contribution in [2.75, 3.05) is 0 Å². The molecule has 0 aromatic rings. The fourth-order valence-electron chi connectivity index (χ4n) is 0. The monoisotopic (exact) mass is 278 g/mol. The van der Waals surface area contributed by atoms with E-state index in [1.807, 2.05) is 0 Å². The molecule has 4 heteroatoms. The molecule has 0 atom stereocenters. The van der Waals surface area contributed by atoms with Crippen molar-refractivity contribution in [3.05, 3.63) is 0 Å². The van der Waals surface area contributed by atoms with Crippen molar-refractivity contribution in [3.8, 4) is 0 Å². The average Bonchev–Trinajstić information content (AvgIpc) is 0. The molecule has 0 rings (SSSR count). The molecule has 0 heterocycles. The first-order valence-corrected chi connectivity index (χ1v) is 0. The van der Waals surface area contributed by atoms with Crippen LogP contribution in [0.3, 0.4) is 0 Å². The van der Waals surface area contributed by atoms with E-state index in [2.05, 4.69) is 0 Å². The fraction of sp³-hybridized carbons (Fsp3) is 0. The zero-order valence-corrected chi connectivity index (χ0v) is 8.74. The van der Waals surface area contributed by atoms with Gasteiger partial charge in [0.15, 0.2) is 0 Å². The smallest absolute Gasteiger partial charge is 0 e. The standard InChI is InChI=1S/B.Fe.Ga.Nd. The maximum absolute atomic E-state index is 0. The maximum Gasteiger partial charge on any atom is 0 e. The molecule has 0 fully saturated rings. The van der Waals surface area contributed by atoms with Crippen LogP contribution in [0.5, 0.6) is 0 Å². The van der Waals surface area contributed by atoms with Crippen LogP contribution in [0.2, 0.25) is 0 Å². The Morgan fingerprint density at radius 2 is 1.00 bits per heavy atom. The molecule has 0 bridgehead atoms. The van der Waals surface area contributed by atoms with E-state index in [4.69, 9.17) is 0 Å². The summed E-state index contributed by atoms with van der Waals surface area (Å²) in [6.07, 6.45) is 0. The van der Waals surface area contributed by atoms with Gasteiger partial charge in [-0.2, -0.15) is 0 Å². The van der Waals surface area contributed by atoms with Crippen molar-refractivity contribution < 1.29 is 57.9 Å². The minimum atomic E-state index is 0. The zero-order chi connectivity index (χ0) is 0. The molecule has 0 unspecified atom stereocenters. The molecule has 0 N–H and O–H groups in total. The van der Waals surface area contributed by atoms with E-state index in [0.29, 0.717) is 0 Å². The summed E-state index contributed by atoms with van der Waals surface area (Å²) in [5.41, 5.74) is 0. The summed E-state index contributed by atoms with van der Waals surface area (Å²) >= 11 is 0. The van der Waals surface area contributed by atoms with Crippen molar-refractivity contribution >= 4 is 28.2 Å². The van der Waals surface area contributed by atoms with Gasteiger partial charge in [0.1, 0.15) is 0 Å². The normalized spacial score (nSPS) is 0. The zero-order valence-electron chi connectivity index (χ0n) is 2.01. The van der Waals surface area contributed by atoms with Gasteiger partial charge in [-0.25, -0.2) is 0 Å². The van der Waals surface area contributed by atoms with Gasteiger partial charge in [-0.15, -0.1) is 0 Å². The maximum atomic E-state index is 0. The molecule has 4 heavy (non-hydrogen) atoms. The molecule has 0 amide bonds. The third-order valence-corrected chi connectivity index (χ3v) is 0. The van der Waals surface area contributed by atoms with Gasteiger partial charge in [0.2, 0.25) is 0 Å². The first-order chi connectivity index (χ1) is 0. The molecule has 18 valence electrons. The van der Waals surface area contributed by atoms with Crippen LogP contribution in [-0.4, -0.2) is 28.2 Å². The van der Waals surface area contributed by atoms with Crippen LogP contribution in [0.25, 0.3) is 0 Å². The number of rotatable bonds is 0. The summed E-state index contributed by atoms with van der Waals surface area (Å²) in [4.78, 5) is 0. The van der Waals surface area contributed by atoms with Crippen molar-refractivity contribution in [3.63, 3.8) is 0 Å². The molecular weight excluding hydrogens is 281 g/mol. The Labute approximate surface area is 84.5 Å². The second-order valence-electron chi connectivity index (χ2n) is 0. The Hall–Kier alpha value is 2.57. The van der Waals surface area contributed by atoms with Gasteiger partial charge < -0.3 is 0 Å². The fourth-order valence-corrected chi connectivity index (χ4v) is 0. The summed E-state index contributed by atoms with van der Waals surface area (Å²) in [5.74, 6) is 0. The first kappa shape index (κ1) is 30.8. The predicted octanol–water partition coefficient (Wildman–Crippen LogP) is -0.764. The topological polar surface area (TPSA) is 0 Å². The minimum Gasteiger partial charge on any atom is 0 e. The Morgan fingerprint density at radius 3 is 1.00 bits per heavy atom. The van der Waals surface area contributed by atoms with E-state index in [1.165, 1.54) is 0 Å². The molecule has 6 radical (unpaired) electrons. The summed E-state index contributed by atoms with van der Waals surface area (Å²) in [6.45, 7) is 0. The van der Waals surface area contributed by atoms with Crippen LogP contribution in [-0.2, 0) is 17.1 Å². The Kier molecular flexibility index (Phi) is 136. The van der Waals surface area contributed by atoms with E-state index in [-0.39, 0.29) is 86.1 Å². The minimum absolute atomic E-state index is 0. The van der Waals surface area contributed by atoms with Crippen LogP contribution < -0.4 is 0 Å². The Morgan fingerprint density at radius 1 is 1.00 bits per heavy atom.